The second kappa shape index (κ2) is 5.11. The number of carbonyl (C=O) groups is 1. The molecule has 0 spiro atoms. The molecule has 0 saturated carbocycles. The van der Waals surface area contributed by atoms with E-state index in [2.05, 4.69) is 0 Å². The van der Waals surface area contributed by atoms with Crippen LogP contribution >= 0.6 is 0 Å². The molecule has 0 amide bonds. The first-order valence-corrected chi connectivity index (χ1v) is 3.79. The maximum atomic E-state index is 11.1. The van der Waals surface area contributed by atoms with Crippen LogP contribution in [-0.4, -0.2) is 23.6 Å². The molecular formula is C8H19NO3. The van der Waals surface area contributed by atoms with Crippen molar-refractivity contribution in [3.8, 4) is 0 Å². The van der Waals surface area contributed by atoms with Gasteiger partial charge in [-0.15, -0.1) is 0 Å². The second-order valence-corrected chi connectivity index (χ2v) is 3.67. The van der Waals surface area contributed by atoms with Crippen LogP contribution in [0.25, 0.3) is 0 Å². The third-order valence-electron chi connectivity index (χ3n) is 1.16. The molecule has 0 fully saturated rings. The fraction of sp³-hybridized carbons (Fsp3) is 0.875. The molecule has 0 rings (SSSR count). The lowest BCUT2D eigenvalue weighted by Gasteiger charge is -2.21. The third kappa shape index (κ3) is 6.12. The molecule has 0 heterocycles. The first-order valence-electron chi connectivity index (χ1n) is 3.79. The summed E-state index contributed by atoms with van der Waals surface area (Å²) in [5, 5.41) is 0. The van der Waals surface area contributed by atoms with E-state index >= 15 is 0 Å². The summed E-state index contributed by atoms with van der Waals surface area (Å²) in [5.74, 6) is -0.422. The van der Waals surface area contributed by atoms with Gasteiger partial charge in [-0.25, -0.2) is 0 Å². The summed E-state index contributed by atoms with van der Waals surface area (Å²) >= 11 is 0. The fourth-order valence-corrected chi connectivity index (χ4v) is 0.499. The molecular weight excluding hydrogens is 158 g/mol. The van der Waals surface area contributed by atoms with Crippen LogP contribution < -0.4 is 5.73 Å². The number of nitrogens with two attached hydrogens (primary N) is 1. The van der Waals surface area contributed by atoms with Crippen LogP contribution in [0, 0.1) is 5.92 Å². The van der Waals surface area contributed by atoms with E-state index in [0.717, 1.165) is 0 Å². The van der Waals surface area contributed by atoms with Crippen LogP contribution in [0.3, 0.4) is 0 Å². The van der Waals surface area contributed by atoms with Gasteiger partial charge in [0.15, 0.2) is 0 Å². The summed E-state index contributed by atoms with van der Waals surface area (Å²) in [5.41, 5.74) is 4.89. The molecule has 0 radical (unpaired) electrons. The van der Waals surface area contributed by atoms with Crippen molar-refractivity contribution in [3.05, 3.63) is 0 Å². The third-order valence-corrected chi connectivity index (χ3v) is 1.16. The Kier molecular flexibility index (Phi) is 5.94. The number of rotatable bonds is 2. The van der Waals surface area contributed by atoms with Crippen molar-refractivity contribution in [2.75, 3.05) is 6.54 Å². The molecule has 4 N–H and O–H groups in total. The predicted molar refractivity (Wildman–Crippen MR) is 47.7 cm³/mol. The number of hydrogen-bond donors (Lipinski definition) is 1. The average Bonchev–Trinajstić information content (AvgIpc) is 1.82. The summed E-state index contributed by atoms with van der Waals surface area (Å²) in [6, 6.07) is 0. The highest BCUT2D eigenvalue weighted by Gasteiger charge is 2.20. The van der Waals surface area contributed by atoms with E-state index in [-0.39, 0.29) is 17.4 Å². The van der Waals surface area contributed by atoms with Gasteiger partial charge in [0.2, 0.25) is 0 Å². The lowest BCUT2D eigenvalue weighted by atomic mass is 10.1. The van der Waals surface area contributed by atoms with Crippen LogP contribution in [0.15, 0.2) is 0 Å². The Bertz CT molecular complexity index is 140. The minimum atomic E-state index is -0.402. The highest BCUT2D eigenvalue weighted by atomic mass is 16.6. The van der Waals surface area contributed by atoms with E-state index in [1.807, 2.05) is 20.8 Å². The topological polar surface area (TPSA) is 83.8 Å². The molecule has 74 valence electrons. The van der Waals surface area contributed by atoms with E-state index in [4.69, 9.17) is 10.5 Å². The van der Waals surface area contributed by atoms with Gasteiger partial charge in [0.25, 0.3) is 0 Å². The van der Waals surface area contributed by atoms with E-state index in [0.29, 0.717) is 6.54 Å². The standard InChI is InChI=1S/C8H17NO2.H2O/c1-6(5-9)7(10)11-8(2,3)4;/h6H,5,9H2,1-4H3;1H2. The van der Waals surface area contributed by atoms with Gasteiger partial charge >= 0.3 is 5.97 Å². The Morgan fingerprint density at radius 3 is 2.17 bits per heavy atom. The molecule has 1 unspecified atom stereocenters. The van der Waals surface area contributed by atoms with Gasteiger partial charge in [-0.3, -0.25) is 4.79 Å². The monoisotopic (exact) mass is 177 g/mol. The summed E-state index contributed by atoms with van der Waals surface area (Å²) < 4.78 is 5.07. The molecule has 0 aromatic heterocycles. The van der Waals surface area contributed by atoms with E-state index in [1.54, 1.807) is 6.92 Å². The fourth-order valence-electron chi connectivity index (χ4n) is 0.499. The van der Waals surface area contributed by atoms with Gasteiger partial charge < -0.3 is 15.9 Å². The van der Waals surface area contributed by atoms with Gasteiger partial charge in [0.1, 0.15) is 5.60 Å². The zero-order chi connectivity index (χ0) is 9.07. The lowest BCUT2D eigenvalue weighted by molar-refractivity contribution is -0.158. The van der Waals surface area contributed by atoms with Crippen molar-refractivity contribution in [1.29, 1.82) is 0 Å². The Morgan fingerprint density at radius 2 is 1.92 bits per heavy atom. The van der Waals surface area contributed by atoms with Crippen LogP contribution in [-0.2, 0) is 9.53 Å². The van der Waals surface area contributed by atoms with Crippen LogP contribution in [0.1, 0.15) is 27.7 Å². The smallest absolute Gasteiger partial charge is 0.310 e. The van der Waals surface area contributed by atoms with E-state index < -0.39 is 5.60 Å². The molecule has 4 nitrogen and oxygen atoms in total. The van der Waals surface area contributed by atoms with E-state index in [9.17, 15) is 4.79 Å². The van der Waals surface area contributed by atoms with Gasteiger partial charge in [-0.1, -0.05) is 6.92 Å². The molecule has 12 heavy (non-hydrogen) atoms. The number of ether oxygens (including phenoxy) is 1. The maximum Gasteiger partial charge on any atom is 0.310 e. The van der Waals surface area contributed by atoms with Crippen molar-refractivity contribution in [3.63, 3.8) is 0 Å². The molecule has 0 aliphatic rings. The molecule has 0 aliphatic carbocycles. The Morgan fingerprint density at radius 1 is 1.50 bits per heavy atom. The Balaban J connectivity index is 0. The van der Waals surface area contributed by atoms with Crippen molar-refractivity contribution >= 4 is 5.97 Å². The summed E-state index contributed by atoms with van der Waals surface area (Å²) in [6.07, 6.45) is 0. The molecule has 0 bridgehead atoms. The van der Waals surface area contributed by atoms with Gasteiger partial charge in [-0.2, -0.15) is 0 Å². The Hall–Kier alpha value is -0.610. The minimum Gasteiger partial charge on any atom is -0.460 e. The van der Waals surface area contributed by atoms with Crippen LogP contribution in [0.2, 0.25) is 0 Å². The maximum absolute atomic E-state index is 11.1. The predicted octanol–water partition coefficient (Wildman–Crippen LogP) is 0.0982. The summed E-state index contributed by atoms with van der Waals surface area (Å²) in [7, 11) is 0. The molecule has 0 aliphatic heterocycles. The quantitative estimate of drug-likeness (QED) is 0.607. The molecule has 0 aromatic rings. The normalized spacial score (nSPS) is 13.1. The van der Waals surface area contributed by atoms with Crippen molar-refractivity contribution in [2.24, 2.45) is 11.7 Å². The zero-order valence-corrected chi connectivity index (χ0v) is 8.18. The highest BCUT2D eigenvalue weighted by Crippen LogP contribution is 2.09. The second-order valence-electron chi connectivity index (χ2n) is 3.67. The average molecular weight is 177 g/mol. The summed E-state index contributed by atoms with van der Waals surface area (Å²) in [4.78, 5) is 11.1. The largest absolute Gasteiger partial charge is 0.460 e. The van der Waals surface area contributed by atoms with E-state index in [1.165, 1.54) is 0 Å². The van der Waals surface area contributed by atoms with Crippen molar-refractivity contribution in [1.82, 2.24) is 0 Å². The highest BCUT2D eigenvalue weighted by molar-refractivity contribution is 5.72. The minimum absolute atomic E-state index is 0. The molecule has 0 aromatic carbocycles. The van der Waals surface area contributed by atoms with Crippen molar-refractivity contribution < 1.29 is 15.0 Å². The molecule has 4 heteroatoms. The van der Waals surface area contributed by atoms with Gasteiger partial charge in [0, 0.05) is 6.54 Å². The van der Waals surface area contributed by atoms with Crippen LogP contribution in [0.4, 0.5) is 0 Å². The lowest BCUT2D eigenvalue weighted by Crippen LogP contribution is -2.30. The molecule has 1 atom stereocenters. The van der Waals surface area contributed by atoms with Crippen molar-refractivity contribution in [2.45, 2.75) is 33.3 Å². The number of hydrogen-bond acceptors (Lipinski definition) is 3. The molecule has 0 saturated heterocycles. The number of carbonyl (C=O) groups excluding carboxylic acids is 1. The zero-order valence-electron chi connectivity index (χ0n) is 8.18. The van der Waals surface area contributed by atoms with Crippen LogP contribution in [0.5, 0.6) is 0 Å². The first-order chi connectivity index (χ1) is 4.87. The van der Waals surface area contributed by atoms with Gasteiger partial charge in [-0.05, 0) is 20.8 Å². The number of esters is 1. The SMILES string of the molecule is CC(CN)C(=O)OC(C)(C)C.O. The van der Waals surface area contributed by atoms with Gasteiger partial charge in [0.05, 0.1) is 5.92 Å². The Labute approximate surface area is 73.4 Å². The summed E-state index contributed by atoms with van der Waals surface area (Å²) in [6.45, 7) is 7.62. The first kappa shape index (κ1) is 13.9.